The van der Waals surface area contributed by atoms with Crippen LogP contribution in [-0.4, -0.2) is 28.5 Å². The average Bonchev–Trinajstić information content (AvgIpc) is 3.16. The van der Waals surface area contributed by atoms with Gasteiger partial charge in [-0.25, -0.2) is 4.79 Å². The number of hydrogen-bond donors (Lipinski definition) is 0. The fourth-order valence-electron chi connectivity index (χ4n) is 3.38. The highest BCUT2D eigenvalue weighted by Crippen LogP contribution is 2.30. The van der Waals surface area contributed by atoms with Crippen LogP contribution in [-0.2, 0) is 17.0 Å². The molecule has 0 saturated carbocycles. The SMILES string of the molecule is COCCn1c(SCc2cc(=O)oc3c(C)c(C)ccc23)nnc1-c1ccc(Cl)cc1. The predicted octanol–water partition coefficient (Wildman–Crippen LogP) is 5.26. The van der Waals surface area contributed by atoms with E-state index in [0.29, 0.717) is 29.5 Å². The molecule has 0 fully saturated rings. The Kier molecular flexibility index (Phi) is 6.46. The van der Waals surface area contributed by atoms with Crippen LogP contribution in [0.25, 0.3) is 22.4 Å². The predicted molar refractivity (Wildman–Crippen MR) is 124 cm³/mol. The molecule has 2 aromatic carbocycles. The van der Waals surface area contributed by atoms with Crippen LogP contribution in [0.4, 0.5) is 0 Å². The van der Waals surface area contributed by atoms with Gasteiger partial charge >= 0.3 is 5.63 Å². The number of hydrogen-bond acceptors (Lipinski definition) is 6. The second-order valence-corrected chi connectivity index (χ2v) is 8.60. The maximum absolute atomic E-state index is 12.2. The van der Waals surface area contributed by atoms with E-state index in [4.69, 9.17) is 20.8 Å². The lowest BCUT2D eigenvalue weighted by molar-refractivity contribution is 0.185. The molecular weight excluding hydrogens is 434 g/mol. The Morgan fingerprint density at radius 1 is 1.13 bits per heavy atom. The van der Waals surface area contributed by atoms with Crippen molar-refractivity contribution < 1.29 is 9.15 Å². The molecule has 2 aromatic heterocycles. The molecule has 0 unspecified atom stereocenters. The molecule has 0 spiro atoms. The van der Waals surface area contributed by atoms with Crippen LogP contribution in [0, 0.1) is 13.8 Å². The Balaban J connectivity index is 1.68. The van der Waals surface area contributed by atoms with Crippen molar-refractivity contribution in [3.05, 3.63) is 74.6 Å². The normalized spacial score (nSPS) is 11.4. The van der Waals surface area contributed by atoms with Crippen molar-refractivity contribution >= 4 is 34.3 Å². The number of aromatic nitrogens is 3. The molecule has 2 heterocycles. The molecular formula is C23H22ClN3O3S. The summed E-state index contributed by atoms with van der Waals surface area (Å²) in [6.45, 7) is 5.12. The number of thioether (sulfide) groups is 1. The Labute approximate surface area is 189 Å². The van der Waals surface area contributed by atoms with Crippen molar-refractivity contribution in [1.82, 2.24) is 14.8 Å². The van der Waals surface area contributed by atoms with Crippen LogP contribution < -0.4 is 5.63 Å². The summed E-state index contributed by atoms with van der Waals surface area (Å²) in [6.07, 6.45) is 0. The number of nitrogens with zero attached hydrogens (tertiary/aromatic N) is 3. The molecule has 0 radical (unpaired) electrons. The summed E-state index contributed by atoms with van der Waals surface area (Å²) in [6, 6.07) is 13.1. The van der Waals surface area contributed by atoms with Gasteiger partial charge in [0.15, 0.2) is 11.0 Å². The molecule has 0 aliphatic rings. The number of aryl methyl sites for hydroxylation is 2. The zero-order chi connectivity index (χ0) is 22.0. The van der Waals surface area contributed by atoms with E-state index in [0.717, 1.165) is 38.6 Å². The number of rotatable bonds is 7. The van der Waals surface area contributed by atoms with Gasteiger partial charge in [0.2, 0.25) is 0 Å². The van der Waals surface area contributed by atoms with Gasteiger partial charge in [0.25, 0.3) is 0 Å². The number of fused-ring (bicyclic) bond motifs is 1. The minimum Gasteiger partial charge on any atom is -0.422 e. The average molecular weight is 456 g/mol. The van der Waals surface area contributed by atoms with E-state index >= 15 is 0 Å². The highest BCUT2D eigenvalue weighted by molar-refractivity contribution is 7.98. The molecule has 31 heavy (non-hydrogen) atoms. The summed E-state index contributed by atoms with van der Waals surface area (Å²) < 4.78 is 12.8. The first-order chi connectivity index (χ1) is 15.0. The Morgan fingerprint density at radius 2 is 1.90 bits per heavy atom. The smallest absolute Gasteiger partial charge is 0.336 e. The fraction of sp³-hybridized carbons (Fsp3) is 0.261. The third kappa shape index (κ3) is 4.54. The Morgan fingerprint density at radius 3 is 2.65 bits per heavy atom. The first-order valence-corrected chi connectivity index (χ1v) is 11.2. The lowest BCUT2D eigenvalue weighted by atomic mass is 10.0. The van der Waals surface area contributed by atoms with Crippen LogP contribution in [0.2, 0.25) is 5.02 Å². The molecule has 0 amide bonds. The van der Waals surface area contributed by atoms with Crippen LogP contribution in [0.3, 0.4) is 0 Å². The van der Waals surface area contributed by atoms with Crippen molar-refractivity contribution in [2.45, 2.75) is 31.3 Å². The maximum atomic E-state index is 12.2. The molecule has 4 aromatic rings. The highest BCUT2D eigenvalue weighted by atomic mass is 35.5. The lowest BCUT2D eigenvalue weighted by Gasteiger charge is -2.11. The Hall–Kier alpha value is -2.61. The first kappa shape index (κ1) is 21.6. The largest absolute Gasteiger partial charge is 0.422 e. The first-order valence-electron chi connectivity index (χ1n) is 9.81. The third-order valence-electron chi connectivity index (χ3n) is 5.21. The molecule has 8 heteroatoms. The van der Waals surface area contributed by atoms with E-state index in [1.54, 1.807) is 13.2 Å². The molecule has 0 aliphatic heterocycles. The summed E-state index contributed by atoms with van der Waals surface area (Å²) in [5.41, 5.74) is 4.21. The Bertz CT molecular complexity index is 1280. The fourth-order valence-corrected chi connectivity index (χ4v) is 4.46. The summed E-state index contributed by atoms with van der Waals surface area (Å²) in [5.74, 6) is 1.32. The molecule has 0 atom stereocenters. The number of benzene rings is 2. The zero-order valence-electron chi connectivity index (χ0n) is 17.5. The van der Waals surface area contributed by atoms with E-state index in [1.165, 1.54) is 11.8 Å². The van der Waals surface area contributed by atoms with E-state index in [9.17, 15) is 4.79 Å². The number of halogens is 1. The van der Waals surface area contributed by atoms with Gasteiger partial charge in [0.1, 0.15) is 5.58 Å². The van der Waals surface area contributed by atoms with E-state index < -0.39 is 0 Å². The van der Waals surface area contributed by atoms with Gasteiger partial charge in [-0.05, 0) is 54.8 Å². The van der Waals surface area contributed by atoms with Gasteiger partial charge in [-0.3, -0.25) is 4.57 Å². The van der Waals surface area contributed by atoms with Crippen LogP contribution >= 0.6 is 23.4 Å². The summed E-state index contributed by atoms with van der Waals surface area (Å²) in [5, 5.41) is 11.2. The van der Waals surface area contributed by atoms with Crippen molar-refractivity contribution in [2.24, 2.45) is 0 Å². The number of ether oxygens (including phenoxy) is 1. The highest BCUT2D eigenvalue weighted by Gasteiger charge is 2.16. The van der Waals surface area contributed by atoms with E-state index in [2.05, 4.69) is 10.2 Å². The maximum Gasteiger partial charge on any atom is 0.336 e. The third-order valence-corrected chi connectivity index (χ3v) is 6.48. The second kappa shape index (κ2) is 9.26. The van der Waals surface area contributed by atoms with Gasteiger partial charge in [0.05, 0.1) is 13.2 Å². The van der Waals surface area contributed by atoms with Crippen molar-refractivity contribution in [3.8, 4) is 11.4 Å². The van der Waals surface area contributed by atoms with Crippen LogP contribution in [0.1, 0.15) is 16.7 Å². The van der Waals surface area contributed by atoms with Crippen molar-refractivity contribution in [2.75, 3.05) is 13.7 Å². The van der Waals surface area contributed by atoms with Crippen LogP contribution in [0.5, 0.6) is 0 Å². The van der Waals surface area contributed by atoms with Gasteiger partial charge in [-0.1, -0.05) is 35.5 Å². The topological polar surface area (TPSA) is 70.2 Å². The standard InChI is InChI=1S/C23H22ClN3O3S/c1-14-4-9-19-17(12-20(28)30-21(19)15(14)2)13-31-23-26-25-22(27(23)10-11-29-3)16-5-7-18(24)8-6-16/h4-9,12H,10-11,13H2,1-3H3. The lowest BCUT2D eigenvalue weighted by Crippen LogP contribution is -2.08. The molecule has 4 rings (SSSR count). The summed E-state index contributed by atoms with van der Waals surface area (Å²) >= 11 is 7.56. The van der Waals surface area contributed by atoms with E-state index in [1.807, 2.05) is 54.8 Å². The minimum absolute atomic E-state index is 0.348. The van der Waals surface area contributed by atoms with Gasteiger partial charge in [-0.15, -0.1) is 10.2 Å². The molecule has 160 valence electrons. The van der Waals surface area contributed by atoms with Gasteiger partial charge < -0.3 is 9.15 Å². The quantitative estimate of drug-likeness (QED) is 0.279. The van der Waals surface area contributed by atoms with Gasteiger partial charge in [-0.2, -0.15) is 0 Å². The molecule has 0 saturated heterocycles. The van der Waals surface area contributed by atoms with E-state index in [-0.39, 0.29) is 5.63 Å². The number of methoxy groups -OCH3 is 1. The molecule has 0 aliphatic carbocycles. The summed E-state index contributed by atoms with van der Waals surface area (Å²) in [7, 11) is 1.67. The summed E-state index contributed by atoms with van der Waals surface area (Å²) in [4.78, 5) is 12.2. The second-order valence-electron chi connectivity index (χ2n) is 7.22. The molecule has 0 N–H and O–H groups in total. The van der Waals surface area contributed by atoms with Crippen LogP contribution in [0.15, 0.2) is 56.8 Å². The minimum atomic E-state index is -0.348. The van der Waals surface area contributed by atoms with Gasteiger partial charge in [0, 0.05) is 34.9 Å². The van der Waals surface area contributed by atoms with Crippen molar-refractivity contribution in [3.63, 3.8) is 0 Å². The molecule has 6 nitrogen and oxygen atoms in total. The van der Waals surface area contributed by atoms with Crippen molar-refractivity contribution in [1.29, 1.82) is 0 Å². The molecule has 0 bridgehead atoms. The zero-order valence-corrected chi connectivity index (χ0v) is 19.1. The monoisotopic (exact) mass is 455 g/mol.